The Morgan fingerprint density at radius 3 is 1.42 bits per heavy atom. The van der Waals surface area contributed by atoms with E-state index in [0.717, 1.165) is 41.4 Å². The molecule has 55 heavy (non-hydrogen) atoms. The first-order valence-corrected chi connectivity index (χ1v) is 25.5. The molecule has 0 aliphatic heterocycles. The average Bonchev–Trinajstić information content (AvgIpc) is 3.20. The predicted molar refractivity (Wildman–Crippen MR) is 249 cm³/mol. The number of rotatable bonds is 39. The van der Waals surface area contributed by atoms with Gasteiger partial charge in [0.2, 0.25) is 0 Å². The molecular formula is C51H84O2S2. The lowest BCUT2D eigenvalue weighted by Crippen LogP contribution is -1.98. The first kappa shape index (κ1) is 49.5. The Morgan fingerprint density at radius 2 is 0.927 bits per heavy atom. The number of allylic oxidation sites excluding steroid dienone is 1. The van der Waals surface area contributed by atoms with Crippen molar-refractivity contribution in [1.29, 1.82) is 0 Å². The number of ether oxygens (including phenoxy) is 1. The van der Waals surface area contributed by atoms with E-state index in [9.17, 15) is 4.79 Å². The van der Waals surface area contributed by atoms with E-state index in [0.29, 0.717) is 0 Å². The van der Waals surface area contributed by atoms with Crippen LogP contribution in [0.15, 0.2) is 58.3 Å². The van der Waals surface area contributed by atoms with Gasteiger partial charge in [0.05, 0.1) is 6.61 Å². The van der Waals surface area contributed by atoms with Crippen LogP contribution < -0.4 is 4.74 Å². The molecule has 0 aliphatic rings. The molecule has 0 radical (unpaired) electrons. The molecule has 0 unspecified atom stereocenters. The molecule has 0 heterocycles. The maximum absolute atomic E-state index is 13.4. The van der Waals surface area contributed by atoms with Crippen LogP contribution in [0.4, 0.5) is 0 Å². The molecule has 0 N–H and O–H groups in total. The summed E-state index contributed by atoms with van der Waals surface area (Å²) in [6.07, 6.45) is 44.5. The SMILES string of the molecule is CCCCCCCCCCCCCCCCCCCCOc1cccc(C=CC(=O)c2ccc(SCCCCCCCC)c(SCCCCCCCC)c2)c1. The Morgan fingerprint density at radius 1 is 0.491 bits per heavy atom. The zero-order valence-corrected chi connectivity index (χ0v) is 37.8. The highest BCUT2D eigenvalue weighted by Gasteiger charge is 2.10. The van der Waals surface area contributed by atoms with Gasteiger partial charge in [0.25, 0.3) is 0 Å². The third kappa shape index (κ3) is 27.6. The van der Waals surface area contributed by atoms with Gasteiger partial charge in [-0.15, -0.1) is 23.5 Å². The minimum atomic E-state index is 0.0685. The third-order valence-corrected chi connectivity index (χ3v) is 13.2. The van der Waals surface area contributed by atoms with Crippen LogP contribution in [0.25, 0.3) is 6.08 Å². The quantitative estimate of drug-likeness (QED) is 0.0291. The zero-order chi connectivity index (χ0) is 39.3. The highest BCUT2D eigenvalue weighted by molar-refractivity contribution is 8.02. The van der Waals surface area contributed by atoms with Crippen molar-refractivity contribution < 1.29 is 9.53 Å². The largest absolute Gasteiger partial charge is 0.494 e. The maximum Gasteiger partial charge on any atom is 0.185 e. The molecule has 2 aromatic rings. The van der Waals surface area contributed by atoms with E-state index in [1.807, 2.05) is 47.8 Å². The lowest BCUT2D eigenvalue weighted by molar-refractivity contribution is 0.104. The van der Waals surface area contributed by atoms with Gasteiger partial charge in [-0.05, 0) is 72.7 Å². The van der Waals surface area contributed by atoms with Crippen molar-refractivity contribution >= 4 is 35.4 Å². The van der Waals surface area contributed by atoms with Crippen LogP contribution in [0.2, 0.25) is 0 Å². The predicted octanol–water partition coefficient (Wildman–Crippen LogP) is 17.9. The number of thioether (sulfide) groups is 2. The first-order valence-electron chi connectivity index (χ1n) is 23.5. The van der Waals surface area contributed by atoms with Gasteiger partial charge in [-0.25, -0.2) is 0 Å². The molecule has 0 atom stereocenters. The topological polar surface area (TPSA) is 26.3 Å². The number of carbonyl (C=O) groups excluding carboxylic acids is 1. The second-order valence-electron chi connectivity index (χ2n) is 16.0. The summed E-state index contributed by atoms with van der Waals surface area (Å²) in [5, 5.41) is 0. The van der Waals surface area contributed by atoms with Crippen LogP contribution in [-0.4, -0.2) is 23.9 Å². The monoisotopic (exact) mass is 793 g/mol. The highest BCUT2D eigenvalue weighted by Crippen LogP contribution is 2.34. The minimum Gasteiger partial charge on any atom is -0.494 e. The lowest BCUT2D eigenvalue weighted by atomic mass is 10.0. The van der Waals surface area contributed by atoms with Crippen LogP contribution in [0, 0.1) is 0 Å². The van der Waals surface area contributed by atoms with Crippen LogP contribution in [0.3, 0.4) is 0 Å². The van der Waals surface area contributed by atoms with E-state index >= 15 is 0 Å². The molecule has 0 fully saturated rings. The van der Waals surface area contributed by atoms with Gasteiger partial charge in [-0.3, -0.25) is 4.79 Å². The van der Waals surface area contributed by atoms with Gasteiger partial charge in [0.15, 0.2) is 5.78 Å². The van der Waals surface area contributed by atoms with Crippen LogP contribution in [0.5, 0.6) is 5.75 Å². The lowest BCUT2D eigenvalue weighted by Gasteiger charge is -2.11. The third-order valence-electron chi connectivity index (χ3n) is 10.8. The maximum atomic E-state index is 13.4. The number of benzene rings is 2. The zero-order valence-electron chi connectivity index (χ0n) is 36.2. The first-order chi connectivity index (χ1) is 27.2. The number of hydrogen-bond acceptors (Lipinski definition) is 4. The smallest absolute Gasteiger partial charge is 0.185 e. The minimum absolute atomic E-state index is 0.0685. The summed E-state index contributed by atoms with van der Waals surface area (Å²) in [6, 6.07) is 14.5. The van der Waals surface area contributed by atoms with Crippen molar-refractivity contribution in [3.05, 3.63) is 59.7 Å². The second kappa shape index (κ2) is 36.7. The summed E-state index contributed by atoms with van der Waals surface area (Å²) < 4.78 is 6.11. The van der Waals surface area contributed by atoms with Gasteiger partial charge < -0.3 is 4.74 Å². The second-order valence-corrected chi connectivity index (χ2v) is 18.3. The fraction of sp³-hybridized carbons (Fsp3) is 0.706. The van der Waals surface area contributed by atoms with Crippen LogP contribution >= 0.6 is 23.5 Å². The number of ketones is 1. The molecule has 0 aliphatic carbocycles. The van der Waals surface area contributed by atoms with Crippen LogP contribution in [-0.2, 0) is 0 Å². The van der Waals surface area contributed by atoms with Crippen molar-refractivity contribution in [1.82, 2.24) is 0 Å². The summed E-state index contributed by atoms with van der Waals surface area (Å²) in [5.74, 6) is 3.24. The Labute approximate surface area is 350 Å². The van der Waals surface area contributed by atoms with E-state index in [2.05, 4.69) is 45.0 Å². The fourth-order valence-corrected chi connectivity index (χ4v) is 9.47. The van der Waals surface area contributed by atoms with Crippen molar-refractivity contribution in [3.8, 4) is 5.75 Å². The van der Waals surface area contributed by atoms with E-state index in [4.69, 9.17) is 4.74 Å². The number of hydrogen-bond donors (Lipinski definition) is 0. The fourth-order valence-electron chi connectivity index (χ4n) is 7.19. The Bertz CT molecular complexity index is 1210. The molecule has 2 aromatic carbocycles. The molecule has 0 bridgehead atoms. The average molecular weight is 793 g/mol. The van der Waals surface area contributed by atoms with Crippen molar-refractivity contribution in [2.75, 3.05) is 18.1 Å². The molecule has 2 nitrogen and oxygen atoms in total. The number of carbonyl (C=O) groups is 1. The molecule has 0 amide bonds. The summed E-state index contributed by atoms with van der Waals surface area (Å²) >= 11 is 3.92. The summed E-state index contributed by atoms with van der Waals surface area (Å²) in [6.45, 7) is 7.61. The number of unbranched alkanes of at least 4 members (excludes halogenated alkanes) is 27. The van der Waals surface area contributed by atoms with Gasteiger partial charge in [-0.2, -0.15) is 0 Å². The Hall–Kier alpha value is -1.65. The van der Waals surface area contributed by atoms with E-state index < -0.39 is 0 Å². The van der Waals surface area contributed by atoms with Gasteiger partial charge in [0.1, 0.15) is 5.75 Å². The summed E-state index contributed by atoms with van der Waals surface area (Å²) in [7, 11) is 0. The molecule has 0 saturated heterocycles. The molecule has 312 valence electrons. The molecule has 0 saturated carbocycles. The van der Waals surface area contributed by atoms with Gasteiger partial charge in [0, 0.05) is 15.4 Å². The Balaban J connectivity index is 1.67. The van der Waals surface area contributed by atoms with E-state index in [-0.39, 0.29) is 5.78 Å². The normalized spacial score (nSPS) is 11.5. The highest BCUT2D eigenvalue weighted by atomic mass is 32.2. The van der Waals surface area contributed by atoms with E-state index in [1.54, 1.807) is 6.08 Å². The molecule has 0 aromatic heterocycles. The van der Waals surface area contributed by atoms with Crippen LogP contribution in [0.1, 0.15) is 229 Å². The molecule has 0 spiro atoms. The van der Waals surface area contributed by atoms with Crippen molar-refractivity contribution in [3.63, 3.8) is 0 Å². The molecular weight excluding hydrogens is 709 g/mol. The van der Waals surface area contributed by atoms with Crippen molar-refractivity contribution in [2.45, 2.75) is 223 Å². The molecule has 4 heteroatoms. The standard InChI is InChI=1S/C51H84O2S2/c1-4-7-10-13-16-17-18-19-20-21-22-23-24-25-26-27-28-31-41-53-48-36-34-35-46(44-48)37-39-49(52)47-38-40-50(54-42-32-29-14-11-8-5-2)51(45-47)55-43-33-30-15-12-9-6-3/h34-40,44-45H,4-33,41-43H2,1-3H3. The summed E-state index contributed by atoms with van der Waals surface area (Å²) in [5.41, 5.74) is 1.79. The summed E-state index contributed by atoms with van der Waals surface area (Å²) in [4.78, 5) is 16.0. The van der Waals surface area contributed by atoms with Gasteiger partial charge in [-0.1, -0.05) is 212 Å². The van der Waals surface area contributed by atoms with E-state index in [1.165, 1.54) is 196 Å². The molecule has 2 rings (SSSR count). The Kier molecular flexibility index (Phi) is 33.0. The van der Waals surface area contributed by atoms with Crippen molar-refractivity contribution in [2.24, 2.45) is 0 Å². The van der Waals surface area contributed by atoms with Gasteiger partial charge >= 0.3 is 0 Å².